The molecule has 0 N–H and O–H groups in total. The van der Waals surface area contributed by atoms with Crippen LogP contribution in [0, 0.1) is 39.0 Å². The summed E-state index contributed by atoms with van der Waals surface area (Å²) in [6.45, 7) is 7.32. The molecule has 0 aliphatic heterocycles. The molecular weight excluding hydrogens is 380 g/mol. The fraction of sp³-hybridized carbons (Fsp3) is 0.217. The molecule has 0 amide bonds. The number of carbonyl (C=O) groups excluding carboxylic acids is 2. The smallest absolute Gasteiger partial charge is 0.339 e. The van der Waals surface area contributed by atoms with Crippen LogP contribution >= 0.6 is 0 Å². The highest BCUT2D eigenvalue weighted by Gasteiger charge is 2.19. The molecule has 0 radical (unpaired) electrons. The van der Waals surface area contributed by atoms with Crippen molar-refractivity contribution in [2.45, 2.75) is 27.7 Å². The lowest BCUT2D eigenvalue weighted by molar-refractivity contribution is 0.0600. The van der Waals surface area contributed by atoms with Crippen molar-refractivity contribution in [1.29, 1.82) is 5.26 Å². The average Bonchev–Trinajstić information content (AvgIpc) is 3.21. The summed E-state index contributed by atoms with van der Waals surface area (Å²) in [5, 5.41) is 13.8. The Labute approximate surface area is 174 Å². The van der Waals surface area contributed by atoms with E-state index in [1.807, 2.05) is 42.7 Å². The van der Waals surface area contributed by atoms with Gasteiger partial charge in [0.1, 0.15) is 11.6 Å². The predicted molar refractivity (Wildman–Crippen MR) is 113 cm³/mol. The summed E-state index contributed by atoms with van der Waals surface area (Å²) in [5.41, 5.74) is 4.79. The van der Waals surface area contributed by atoms with E-state index < -0.39 is 11.9 Å². The highest BCUT2D eigenvalue weighted by atomic mass is 16.5. The lowest BCUT2D eigenvalue weighted by atomic mass is 10.1. The lowest BCUT2D eigenvalue weighted by Gasteiger charge is -2.13. The number of esters is 1. The number of rotatable bonds is 4. The van der Waals surface area contributed by atoms with Crippen molar-refractivity contribution in [2.24, 2.45) is 0 Å². The van der Waals surface area contributed by atoms with E-state index in [1.54, 1.807) is 38.1 Å². The van der Waals surface area contributed by atoms with Crippen LogP contribution in [0.15, 0.2) is 42.0 Å². The molecule has 0 atom stereocenters. The minimum atomic E-state index is -0.483. The second-order valence-corrected chi connectivity index (χ2v) is 6.98. The molecule has 7 heteroatoms. The van der Waals surface area contributed by atoms with Gasteiger partial charge < -0.3 is 9.30 Å². The monoisotopic (exact) mass is 402 g/mol. The Balaban J connectivity index is 2.10. The Morgan fingerprint density at radius 2 is 1.80 bits per heavy atom. The van der Waals surface area contributed by atoms with Crippen LogP contribution in [-0.2, 0) is 4.74 Å². The number of nitrogens with zero attached hydrogens (tertiary/aromatic N) is 4. The minimum absolute atomic E-state index is 0.0253. The topological polar surface area (TPSA) is 89.9 Å². The third-order valence-electron chi connectivity index (χ3n) is 4.87. The number of hydrogen-bond donors (Lipinski definition) is 0. The van der Waals surface area contributed by atoms with Crippen LogP contribution in [-0.4, -0.2) is 33.3 Å². The van der Waals surface area contributed by atoms with Crippen LogP contribution in [0.25, 0.3) is 11.8 Å². The Hall–Kier alpha value is -3.92. The molecule has 0 aliphatic rings. The van der Waals surface area contributed by atoms with Crippen molar-refractivity contribution >= 4 is 18.0 Å². The summed E-state index contributed by atoms with van der Waals surface area (Å²) < 4.78 is 8.03. The summed E-state index contributed by atoms with van der Waals surface area (Å²) in [5.74, 6) is -0.921. The quantitative estimate of drug-likeness (QED) is 0.375. The fourth-order valence-electron chi connectivity index (χ4n) is 3.50. The normalized spacial score (nSPS) is 11.3. The van der Waals surface area contributed by atoms with E-state index in [0.29, 0.717) is 28.2 Å². The summed E-state index contributed by atoms with van der Waals surface area (Å²) in [7, 11) is 1.34. The Bertz CT molecular complexity index is 1220. The van der Waals surface area contributed by atoms with Gasteiger partial charge in [0.25, 0.3) is 5.91 Å². The largest absolute Gasteiger partial charge is 0.465 e. The lowest BCUT2D eigenvalue weighted by Crippen LogP contribution is -2.15. The maximum Gasteiger partial charge on any atom is 0.339 e. The second kappa shape index (κ2) is 8.21. The average molecular weight is 402 g/mol. The fourth-order valence-corrected chi connectivity index (χ4v) is 3.50. The zero-order valence-corrected chi connectivity index (χ0v) is 17.6. The van der Waals surface area contributed by atoms with Gasteiger partial charge in [0.2, 0.25) is 0 Å². The SMILES string of the molecule is COC(=O)c1ccccc1-n1c(C)cc(/C=C(\C#N)C(=O)n2nc(C)cc2C)c1C. The van der Waals surface area contributed by atoms with E-state index >= 15 is 0 Å². The van der Waals surface area contributed by atoms with Gasteiger partial charge in [-0.05, 0) is 63.6 Å². The molecular formula is C23H22N4O3. The van der Waals surface area contributed by atoms with Gasteiger partial charge in [0.05, 0.1) is 24.1 Å². The number of methoxy groups -OCH3 is 1. The number of benzene rings is 1. The van der Waals surface area contributed by atoms with E-state index in [4.69, 9.17) is 4.74 Å². The number of allylic oxidation sites excluding steroid dienone is 1. The van der Waals surface area contributed by atoms with E-state index in [1.165, 1.54) is 11.8 Å². The van der Waals surface area contributed by atoms with Crippen LogP contribution in [0.3, 0.4) is 0 Å². The van der Waals surface area contributed by atoms with Gasteiger partial charge in [-0.2, -0.15) is 10.4 Å². The van der Waals surface area contributed by atoms with Gasteiger partial charge in [-0.3, -0.25) is 4.79 Å². The van der Waals surface area contributed by atoms with Crippen molar-refractivity contribution < 1.29 is 14.3 Å². The molecule has 3 rings (SSSR count). The minimum Gasteiger partial charge on any atom is -0.465 e. The molecule has 0 unspecified atom stereocenters. The molecule has 1 aromatic carbocycles. The third kappa shape index (κ3) is 3.67. The third-order valence-corrected chi connectivity index (χ3v) is 4.87. The Kier molecular flexibility index (Phi) is 5.70. The summed E-state index contributed by atoms with van der Waals surface area (Å²) in [6, 6.07) is 12.8. The predicted octanol–water partition coefficient (Wildman–Crippen LogP) is 3.94. The molecule has 0 bridgehead atoms. The van der Waals surface area contributed by atoms with Crippen molar-refractivity contribution in [1.82, 2.24) is 14.3 Å². The Morgan fingerprint density at radius 3 is 2.40 bits per heavy atom. The number of aryl methyl sites for hydroxylation is 3. The van der Waals surface area contributed by atoms with Gasteiger partial charge in [-0.25, -0.2) is 9.48 Å². The maximum absolute atomic E-state index is 12.8. The van der Waals surface area contributed by atoms with E-state index in [2.05, 4.69) is 5.10 Å². The molecule has 2 heterocycles. The zero-order chi connectivity index (χ0) is 22.0. The van der Waals surface area contributed by atoms with Crippen LogP contribution in [0.4, 0.5) is 0 Å². The van der Waals surface area contributed by atoms with Crippen molar-refractivity contribution in [3.05, 3.63) is 75.9 Å². The molecule has 2 aromatic heterocycles. The molecule has 0 spiro atoms. The van der Waals surface area contributed by atoms with Crippen molar-refractivity contribution in [3.8, 4) is 11.8 Å². The molecule has 3 aromatic rings. The standard InChI is InChI=1S/C23H22N4O3/c1-14-10-16(3)27(25-14)22(28)19(13-24)12-18-11-15(2)26(17(18)4)21-9-7-6-8-20(21)23(29)30-5/h6-12H,1-5H3/b19-12+. The first-order chi connectivity index (χ1) is 14.3. The van der Waals surface area contributed by atoms with Crippen LogP contribution < -0.4 is 0 Å². The van der Waals surface area contributed by atoms with Crippen LogP contribution in [0.5, 0.6) is 0 Å². The van der Waals surface area contributed by atoms with E-state index in [0.717, 1.165) is 11.4 Å². The van der Waals surface area contributed by atoms with Crippen molar-refractivity contribution in [2.75, 3.05) is 7.11 Å². The van der Waals surface area contributed by atoms with Gasteiger partial charge in [-0.15, -0.1) is 0 Å². The summed E-state index contributed by atoms with van der Waals surface area (Å²) in [6.07, 6.45) is 1.55. The summed E-state index contributed by atoms with van der Waals surface area (Å²) in [4.78, 5) is 25.0. The first kappa shape index (κ1) is 20.8. The van der Waals surface area contributed by atoms with E-state index in [9.17, 15) is 14.9 Å². The van der Waals surface area contributed by atoms with Gasteiger partial charge in [0.15, 0.2) is 0 Å². The van der Waals surface area contributed by atoms with Gasteiger partial charge >= 0.3 is 5.97 Å². The molecule has 152 valence electrons. The van der Waals surface area contributed by atoms with Crippen LogP contribution in [0.2, 0.25) is 0 Å². The number of nitriles is 1. The number of hydrogen-bond acceptors (Lipinski definition) is 5. The molecule has 0 fully saturated rings. The first-order valence-corrected chi connectivity index (χ1v) is 9.35. The maximum atomic E-state index is 12.8. The number of ether oxygens (including phenoxy) is 1. The molecule has 0 saturated carbocycles. The van der Waals surface area contributed by atoms with Gasteiger partial charge in [-0.1, -0.05) is 12.1 Å². The zero-order valence-electron chi connectivity index (χ0n) is 17.6. The number of aromatic nitrogens is 3. The highest BCUT2D eigenvalue weighted by Crippen LogP contribution is 2.26. The number of carbonyl (C=O) groups is 2. The highest BCUT2D eigenvalue weighted by molar-refractivity contribution is 6.03. The van der Waals surface area contributed by atoms with Crippen molar-refractivity contribution in [3.63, 3.8) is 0 Å². The first-order valence-electron chi connectivity index (χ1n) is 9.35. The second-order valence-electron chi connectivity index (χ2n) is 6.98. The van der Waals surface area contributed by atoms with Crippen LogP contribution in [0.1, 0.15) is 43.5 Å². The number of para-hydroxylation sites is 1. The molecule has 7 nitrogen and oxygen atoms in total. The summed E-state index contributed by atoms with van der Waals surface area (Å²) >= 11 is 0. The molecule has 30 heavy (non-hydrogen) atoms. The molecule has 0 saturated heterocycles. The molecule has 0 aliphatic carbocycles. The van der Waals surface area contributed by atoms with E-state index in [-0.39, 0.29) is 5.57 Å². The van der Waals surface area contributed by atoms with Gasteiger partial charge in [0, 0.05) is 17.1 Å². The Morgan fingerprint density at radius 1 is 1.10 bits per heavy atom.